The summed E-state index contributed by atoms with van der Waals surface area (Å²) in [7, 11) is 0. The van der Waals surface area contributed by atoms with Crippen LogP contribution in [-0.4, -0.2) is 24.1 Å². The Morgan fingerprint density at radius 3 is 2.86 bits per heavy atom. The molecule has 3 unspecified atom stereocenters. The van der Waals surface area contributed by atoms with Crippen LogP contribution in [0.15, 0.2) is 0 Å². The molecule has 1 aliphatic carbocycles. The van der Waals surface area contributed by atoms with E-state index in [9.17, 15) is 0 Å². The lowest BCUT2D eigenvalue weighted by atomic mass is 9.94. The van der Waals surface area contributed by atoms with Gasteiger partial charge in [-0.3, -0.25) is 0 Å². The Labute approximate surface area is 93.4 Å². The van der Waals surface area contributed by atoms with Gasteiger partial charge in [0.1, 0.15) is 0 Å². The molecule has 1 aliphatic rings. The average molecular weight is 215 g/mol. The maximum Gasteiger partial charge on any atom is 0.00777 e. The first-order chi connectivity index (χ1) is 6.76. The zero-order chi connectivity index (χ0) is 10.4. The molecule has 1 fully saturated rings. The van der Waals surface area contributed by atoms with Gasteiger partial charge in [-0.15, -0.1) is 0 Å². The van der Waals surface area contributed by atoms with Crippen molar-refractivity contribution >= 4 is 11.8 Å². The van der Waals surface area contributed by atoms with Crippen molar-refractivity contribution in [1.82, 2.24) is 5.32 Å². The molecular formula is C12H25NS. The van der Waals surface area contributed by atoms with Crippen molar-refractivity contribution in [3.05, 3.63) is 0 Å². The fourth-order valence-electron chi connectivity index (χ4n) is 2.06. The van der Waals surface area contributed by atoms with Gasteiger partial charge in [-0.2, -0.15) is 11.8 Å². The second-order valence-corrected chi connectivity index (χ2v) is 5.78. The minimum atomic E-state index is 0.801. The summed E-state index contributed by atoms with van der Waals surface area (Å²) in [5.74, 6) is 0.838. The monoisotopic (exact) mass is 215 g/mol. The van der Waals surface area contributed by atoms with Gasteiger partial charge in [0, 0.05) is 11.3 Å². The third-order valence-electron chi connectivity index (χ3n) is 3.41. The van der Waals surface area contributed by atoms with E-state index in [1.807, 2.05) is 11.8 Å². The minimum absolute atomic E-state index is 0.801. The van der Waals surface area contributed by atoms with E-state index in [2.05, 4.69) is 25.4 Å². The molecule has 1 saturated carbocycles. The lowest BCUT2D eigenvalue weighted by Crippen LogP contribution is -2.37. The van der Waals surface area contributed by atoms with Gasteiger partial charge in [0.2, 0.25) is 0 Å². The number of hydrogen-bond donors (Lipinski definition) is 1. The highest BCUT2D eigenvalue weighted by molar-refractivity contribution is 7.99. The van der Waals surface area contributed by atoms with Crippen LogP contribution in [0.5, 0.6) is 0 Å². The smallest absolute Gasteiger partial charge is 0.00777 e. The lowest BCUT2D eigenvalue weighted by molar-refractivity contribution is 0.356. The van der Waals surface area contributed by atoms with Crippen molar-refractivity contribution in [3.63, 3.8) is 0 Å². The van der Waals surface area contributed by atoms with Crippen molar-refractivity contribution < 1.29 is 0 Å². The molecule has 2 heteroatoms. The summed E-state index contributed by atoms with van der Waals surface area (Å²) in [6.07, 6.45) is 9.19. The van der Waals surface area contributed by atoms with E-state index in [1.165, 1.54) is 38.6 Å². The molecule has 1 nitrogen and oxygen atoms in total. The molecule has 0 heterocycles. The van der Waals surface area contributed by atoms with E-state index in [-0.39, 0.29) is 0 Å². The van der Waals surface area contributed by atoms with Gasteiger partial charge in [-0.25, -0.2) is 0 Å². The van der Waals surface area contributed by atoms with Gasteiger partial charge in [0.15, 0.2) is 0 Å². The van der Waals surface area contributed by atoms with Crippen LogP contribution >= 0.6 is 11.8 Å². The first-order valence-corrected chi connectivity index (χ1v) is 7.31. The van der Waals surface area contributed by atoms with Crippen LogP contribution < -0.4 is 5.32 Å². The molecule has 0 aromatic carbocycles. The van der Waals surface area contributed by atoms with Gasteiger partial charge in [-0.1, -0.05) is 26.7 Å². The first kappa shape index (κ1) is 12.4. The van der Waals surface area contributed by atoms with Crippen molar-refractivity contribution in [2.24, 2.45) is 5.92 Å². The molecule has 0 radical (unpaired) electrons. The summed E-state index contributed by atoms with van der Waals surface area (Å²) in [5, 5.41) is 4.64. The van der Waals surface area contributed by atoms with Crippen molar-refractivity contribution in [2.45, 2.75) is 57.2 Å². The van der Waals surface area contributed by atoms with Crippen LogP contribution in [0.4, 0.5) is 0 Å². The Bertz CT molecular complexity index is 149. The SMILES string of the molecule is CCC(C)CNC1CCCC(SC)C1. The quantitative estimate of drug-likeness (QED) is 0.755. The second-order valence-electron chi connectivity index (χ2n) is 4.64. The van der Waals surface area contributed by atoms with E-state index in [0.717, 1.165) is 17.2 Å². The number of hydrogen-bond acceptors (Lipinski definition) is 2. The van der Waals surface area contributed by atoms with Crippen LogP contribution in [0.2, 0.25) is 0 Å². The molecule has 0 spiro atoms. The van der Waals surface area contributed by atoms with E-state index in [1.54, 1.807) is 0 Å². The molecule has 0 bridgehead atoms. The highest BCUT2D eigenvalue weighted by Crippen LogP contribution is 2.26. The molecule has 14 heavy (non-hydrogen) atoms. The standard InChI is InChI=1S/C12H25NS/c1-4-10(2)9-13-11-6-5-7-12(8-11)14-3/h10-13H,4-9H2,1-3H3. The van der Waals surface area contributed by atoms with Gasteiger partial charge >= 0.3 is 0 Å². The van der Waals surface area contributed by atoms with E-state index in [4.69, 9.17) is 0 Å². The molecule has 1 rings (SSSR count). The van der Waals surface area contributed by atoms with Crippen molar-refractivity contribution in [2.75, 3.05) is 12.8 Å². The molecule has 0 aromatic rings. The predicted molar refractivity (Wildman–Crippen MR) is 67.0 cm³/mol. The summed E-state index contributed by atoms with van der Waals surface area (Å²) < 4.78 is 0. The van der Waals surface area contributed by atoms with E-state index >= 15 is 0 Å². The third-order valence-corrected chi connectivity index (χ3v) is 4.51. The fraction of sp³-hybridized carbons (Fsp3) is 1.00. The average Bonchev–Trinajstić information content (AvgIpc) is 2.26. The molecule has 1 N–H and O–H groups in total. The van der Waals surface area contributed by atoms with Crippen LogP contribution in [0.25, 0.3) is 0 Å². The van der Waals surface area contributed by atoms with Crippen LogP contribution in [0.3, 0.4) is 0 Å². The normalized spacial score (nSPS) is 30.2. The van der Waals surface area contributed by atoms with Gasteiger partial charge in [0.25, 0.3) is 0 Å². The molecule has 3 atom stereocenters. The molecular weight excluding hydrogens is 190 g/mol. The third kappa shape index (κ3) is 4.22. The number of thioether (sulfide) groups is 1. The van der Waals surface area contributed by atoms with Crippen molar-refractivity contribution in [3.8, 4) is 0 Å². The summed E-state index contributed by atoms with van der Waals surface area (Å²) in [5.41, 5.74) is 0. The van der Waals surface area contributed by atoms with Gasteiger partial charge in [0.05, 0.1) is 0 Å². The van der Waals surface area contributed by atoms with Crippen LogP contribution in [0.1, 0.15) is 46.0 Å². The number of nitrogens with one attached hydrogen (secondary N) is 1. The Hall–Kier alpha value is 0.310. The Morgan fingerprint density at radius 1 is 1.43 bits per heavy atom. The summed E-state index contributed by atoms with van der Waals surface area (Å²) in [6.45, 7) is 5.82. The second kappa shape index (κ2) is 6.73. The molecule has 84 valence electrons. The topological polar surface area (TPSA) is 12.0 Å². The zero-order valence-corrected chi connectivity index (χ0v) is 10.7. The molecule has 0 aliphatic heterocycles. The molecule has 0 amide bonds. The predicted octanol–water partition coefficient (Wildman–Crippen LogP) is 3.30. The van der Waals surface area contributed by atoms with Gasteiger partial charge < -0.3 is 5.32 Å². The van der Waals surface area contributed by atoms with Crippen LogP contribution in [-0.2, 0) is 0 Å². The first-order valence-electron chi connectivity index (χ1n) is 6.02. The number of rotatable bonds is 5. The fourth-order valence-corrected chi connectivity index (χ4v) is 2.88. The van der Waals surface area contributed by atoms with Crippen molar-refractivity contribution in [1.29, 1.82) is 0 Å². The summed E-state index contributed by atoms with van der Waals surface area (Å²) in [4.78, 5) is 0. The maximum absolute atomic E-state index is 3.72. The Balaban J connectivity index is 2.17. The van der Waals surface area contributed by atoms with Gasteiger partial charge in [-0.05, 0) is 38.0 Å². The molecule has 0 aromatic heterocycles. The lowest BCUT2D eigenvalue weighted by Gasteiger charge is -2.29. The van der Waals surface area contributed by atoms with E-state index < -0.39 is 0 Å². The van der Waals surface area contributed by atoms with E-state index in [0.29, 0.717) is 0 Å². The maximum atomic E-state index is 3.72. The highest BCUT2D eigenvalue weighted by atomic mass is 32.2. The summed E-state index contributed by atoms with van der Waals surface area (Å²) in [6, 6.07) is 0.801. The molecule has 0 saturated heterocycles. The highest BCUT2D eigenvalue weighted by Gasteiger charge is 2.20. The van der Waals surface area contributed by atoms with Crippen LogP contribution in [0, 0.1) is 5.92 Å². The zero-order valence-electron chi connectivity index (χ0n) is 9.88. The summed E-state index contributed by atoms with van der Waals surface area (Å²) >= 11 is 2.05. The largest absolute Gasteiger partial charge is 0.314 e. The minimum Gasteiger partial charge on any atom is -0.314 e. The Kier molecular flexibility index (Phi) is 5.95. The Morgan fingerprint density at radius 2 is 2.21 bits per heavy atom.